The molecule has 0 heterocycles. The minimum Gasteiger partial charge on any atom is -0.398 e. The van der Waals surface area contributed by atoms with Crippen LogP contribution < -0.4 is 22.5 Å². The predicted octanol–water partition coefficient (Wildman–Crippen LogP) is 0.435. The normalized spacial score (nSPS) is 10.0. The Hall–Kier alpha value is -2.24. The van der Waals surface area contributed by atoms with E-state index in [1.165, 1.54) is 0 Å². The Morgan fingerprint density at radius 3 is 2.50 bits per heavy atom. The Balaban J connectivity index is 2.45. The molecule has 1 aromatic rings. The molecule has 2 amide bonds. The zero-order valence-electron chi connectivity index (χ0n) is 10.1. The smallest absolute Gasteiger partial charge is 0.250 e. The number of nitrogens with two attached hydrogens (primary N) is 3. The van der Waals surface area contributed by atoms with Gasteiger partial charge in [0, 0.05) is 24.3 Å². The number of carbonyl (C=O) groups is 2. The topological polar surface area (TPSA) is 124 Å². The summed E-state index contributed by atoms with van der Waals surface area (Å²) in [5.41, 5.74) is 17.3. The second kappa shape index (κ2) is 6.48. The molecule has 0 aliphatic rings. The minimum atomic E-state index is -0.551. The first kappa shape index (κ1) is 13.8. The summed E-state index contributed by atoms with van der Waals surface area (Å²) < 4.78 is 0. The van der Waals surface area contributed by atoms with Crippen LogP contribution in [-0.2, 0) is 4.79 Å². The van der Waals surface area contributed by atoms with Crippen molar-refractivity contribution in [2.45, 2.75) is 19.3 Å². The lowest BCUT2D eigenvalue weighted by Gasteiger charge is -2.08. The van der Waals surface area contributed by atoms with Crippen LogP contribution in [0.3, 0.4) is 0 Å². The third-order valence-electron chi connectivity index (χ3n) is 2.50. The first-order valence-corrected chi connectivity index (χ1v) is 5.72. The lowest BCUT2D eigenvalue weighted by Crippen LogP contribution is -2.14. The van der Waals surface area contributed by atoms with Crippen molar-refractivity contribution in [3.8, 4) is 0 Å². The maximum absolute atomic E-state index is 11.1. The van der Waals surface area contributed by atoms with Gasteiger partial charge in [0.15, 0.2) is 0 Å². The maximum atomic E-state index is 11.1. The molecule has 7 N–H and O–H groups in total. The highest BCUT2D eigenvalue weighted by molar-refractivity contribution is 5.98. The van der Waals surface area contributed by atoms with E-state index in [0.717, 1.165) is 18.5 Å². The number of nitrogens with one attached hydrogen (secondary N) is 1. The molecule has 0 radical (unpaired) electrons. The van der Waals surface area contributed by atoms with Gasteiger partial charge >= 0.3 is 0 Å². The van der Waals surface area contributed by atoms with Crippen molar-refractivity contribution in [3.05, 3.63) is 23.8 Å². The first-order chi connectivity index (χ1) is 8.50. The van der Waals surface area contributed by atoms with E-state index in [2.05, 4.69) is 5.32 Å². The lowest BCUT2D eigenvalue weighted by atomic mass is 10.1. The third-order valence-corrected chi connectivity index (χ3v) is 2.50. The summed E-state index contributed by atoms with van der Waals surface area (Å²) in [5.74, 6) is -0.844. The number of primary amides is 2. The third kappa shape index (κ3) is 4.32. The molecule has 0 aliphatic carbocycles. The summed E-state index contributed by atoms with van der Waals surface area (Å²) in [6, 6.07) is 5.02. The quantitative estimate of drug-likeness (QED) is 0.414. The van der Waals surface area contributed by atoms with E-state index < -0.39 is 5.91 Å². The molecule has 18 heavy (non-hydrogen) atoms. The van der Waals surface area contributed by atoms with Gasteiger partial charge in [-0.15, -0.1) is 0 Å². The first-order valence-electron chi connectivity index (χ1n) is 5.72. The van der Waals surface area contributed by atoms with Crippen LogP contribution in [0.1, 0.15) is 29.6 Å². The second-order valence-corrected chi connectivity index (χ2v) is 4.02. The number of hydrogen-bond donors (Lipinski definition) is 4. The Morgan fingerprint density at radius 2 is 1.89 bits per heavy atom. The van der Waals surface area contributed by atoms with E-state index >= 15 is 0 Å². The fraction of sp³-hybridized carbons (Fsp3) is 0.333. The zero-order chi connectivity index (χ0) is 13.5. The van der Waals surface area contributed by atoms with Gasteiger partial charge in [-0.05, 0) is 31.0 Å². The monoisotopic (exact) mass is 250 g/mol. The van der Waals surface area contributed by atoms with Crippen molar-refractivity contribution in [3.63, 3.8) is 0 Å². The summed E-state index contributed by atoms with van der Waals surface area (Å²) >= 11 is 0. The highest BCUT2D eigenvalue weighted by Crippen LogP contribution is 2.17. The van der Waals surface area contributed by atoms with Gasteiger partial charge in [-0.2, -0.15) is 0 Å². The SMILES string of the molecule is NC(=O)CCCCNc1ccc(N)c(C(N)=O)c1. The Kier molecular flexibility index (Phi) is 4.98. The van der Waals surface area contributed by atoms with Crippen LogP contribution in [0.15, 0.2) is 18.2 Å². The van der Waals surface area contributed by atoms with Crippen LogP contribution in [0.25, 0.3) is 0 Å². The fourth-order valence-corrected chi connectivity index (χ4v) is 1.54. The van der Waals surface area contributed by atoms with Crippen LogP contribution in [-0.4, -0.2) is 18.4 Å². The number of rotatable bonds is 7. The van der Waals surface area contributed by atoms with E-state index in [0.29, 0.717) is 24.2 Å². The number of hydrogen-bond acceptors (Lipinski definition) is 4. The van der Waals surface area contributed by atoms with E-state index in [1.807, 2.05) is 0 Å². The molecule has 0 atom stereocenters. The molecule has 0 unspecified atom stereocenters. The maximum Gasteiger partial charge on any atom is 0.250 e. The average molecular weight is 250 g/mol. The number of benzene rings is 1. The molecule has 1 rings (SSSR count). The van der Waals surface area contributed by atoms with Crippen molar-refractivity contribution in [1.82, 2.24) is 0 Å². The van der Waals surface area contributed by atoms with Gasteiger partial charge in [0.1, 0.15) is 0 Å². The van der Waals surface area contributed by atoms with E-state index in [-0.39, 0.29) is 5.91 Å². The van der Waals surface area contributed by atoms with Crippen molar-refractivity contribution < 1.29 is 9.59 Å². The Labute approximate surface area is 106 Å². The molecule has 1 aromatic carbocycles. The molecule has 0 saturated carbocycles. The molecule has 6 nitrogen and oxygen atoms in total. The number of carbonyl (C=O) groups excluding carboxylic acids is 2. The summed E-state index contributed by atoms with van der Waals surface area (Å²) in [6.45, 7) is 0.690. The molecular formula is C12H18N4O2. The van der Waals surface area contributed by atoms with Crippen LogP contribution >= 0.6 is 0 Å². The summed E-state index contributed by atoms with van der Waals surface area (Å²) in [5, 5.41) is 3.13. The second-order valence-electron chi connectivity index (χ2n) is 4.02. The van der Waals surface area contributed by atoms with Crippen molar-refractivity contribution in [2.75, 3.05) is 17.6 Å². The largest absolute Gasteiger partial charge is 0.398 e. The van der Waals surface area contributed by atoms with Gasteiger partial charge < -0.3 is 22.5 Å². The highest BCUT2D eigenvalue weighted by atomic mass is 16.1. The molecule has 0 saturated heterocycles. The van der Waals surface area contributed by atoms with E-state index in [9.17, 15) is 9.59 Å². The standard InChI is InChI=1S/C12H18N4O2/c13-10-5-4-8(7-9(10)12(15)18)16-6-2-1-3-11(14)17/h4-5,7,16H,1-3,6,13H2,(H2,14,17)(H2,15,18). The summed E-state index contributed by atoms with van der Waals surface area (Å²) in [4.78, 5) is 21.6. The molecule has 98 valence electrons. The average Bonchev–Trinajstić information content (AvgIpc) is 2.30. The Morgan fingerprint density at radius 1 is 1.17 bits per heavy atom. The molecule has 0 bridgehead atoms. The van der Waals surface area contributed by atoms with E-state index in [4.69, 9.17) is 17.2 Å². The number of unbranched alkanes of at least 4 members (excludes halogenated alkanes) is 1. The molecule has 0 fully saturated rings. The van der Waals surface area contributed by atoms with E-state index in [1.54, 1.807) is 18.2 Å². The molecule has 0 aromatic heterocycles. The zero-order valence-corrected chi connectivity index (χ0v) is 10.1. The summed E-state index contributed by atoms with van der Waals surface area (Å²) in [6.07, 6.45) is 1.94. The minimum absolute atomic E-state index is 0.293. The molecule has 0 aliphatic heterocycles. The molecule has 0 spiro atoms. The van der Waals surface area contributed by atoms with Crippen LogP contribution in [0, 0.1) is 0 Å². The van der Waals surface area contributed by atoms with Gasteiger partial charge in [0.2, 0.25) is 5.91 Å². The number of nitrogen functional groups attached to an aromatic ring is 1. The summed E-state index contributed by atoms with van der Waals surface area (Å²) in [7, 11) is 0. The van der Waals surface area contributed by atoms with Gasteiger partial charge in [-0.3, -0.25) is 9.59 Å². The van der Waals surface area contributed by atoms with Gasteiger partial charge in [-0.1, -0.05) is 0 Å². The van der Waals surface area contributed by atoms with Gasteiger partial charge in [0.25, 0.3) is 5.91 Å². The predicted molar refractivity (Wildman–Crippen MR) is 70.9 cm³/mol. The highest BCUT2D eigenvalue weighted by Gasteiger charge is 2.06. The van der Waals surface area contributed by atoms with Crippen molar-refractivity contribution >= 4 is 23.2 Å². The number of anilines is 2. The van der Waals surface area contributed by atoms with Crippen molar-refractivity contribution in [1.29, 1.82) is 0 Å². The van der Waals surface area contributed by atoms with Crippen LogP contribution in [0.4, 0.5) is 11.4 Å². The Bertz CT molecular complexity index is 446. The number of amides is 2. The molecular weight excluding hydrogens is 232 g/mol. The van der Waals surface area contributed by atoms with Crippen molar-refractivity contribution in [2.24, 2.45) is 11.5 Å². The molecule has 6 heteroatoms. The van der Waals surface area contributed by atoms with Crippen LogP contribution in [0.5, 0.6) is 0 Å². The van der Waals surface area contributed by atoms with Gasteiger partial charge in [-0.25, -0.2) is 0 Å². The fourth-order valence-electron chi connectivity index (χ4n) is 1.54. The van der Waals surface area contributed by atoms with Crippen LogP contribution in [0.2, 0.25) is 0 Å². The van der Waals surface area contributed by atoms with Gasteiger partial charge in [0.05, 0.1) is 5.56 Å². The lowest BCUT2D eigenvalue weighted by molar-refractivity contribution is -0.118.